The standard InChI is InChI=1S/C18H16ClNO2.C4H10O/c1-11-10-16-15(6-7-17(22)20-16)18(14(11)8-9-21)12-2-4-13(19)5-3-12;1-4(2,3)5/h2-7,10,21H,8-9H2,1H3,(H,20,22);5H,1-3H3. The van der Waals surface area contributed by atoms with Gasteiger partial charge in [0.1, 0.15) is 0 Å². The van der Waals surface area contributed by atoms with Gasteiger partial charge in [-0.3, -0.25) is 4.79 Å². The highest BCUT2D eigenvalue weighted by atomic mass is 35.5. The van der Waals surface area contributed by atoms with Gasteiger partial charge in [0.15, 0.2) is 0 Å². The molecule has 3 aromatic rings. The van der Waals surface area contributed by atoms with Crippen LogP contribution in [0.3, 0.4) is 0 Å². The Bertz CT molecular complexity index is 964. The predicted molar refractivity (Wildman–Crippen MR) is 113 cm³/mol. The van der Waals surface area contributed by atoms with Crippen molar-refractivity contribution >= 4 is 22.5 Å². The van der Waals surface area contributed by atoms with E-state index in [0.29, 0.717) is 11.4 Å². The number of pyridine rings is 1. The van der Waals surface area contributed by atoms with Crippen LogP contribution >= 0.6 is 11.6 Å². The molecule has 0 atom stereocenters. The number of nitrogens with one attached hydrogen (secondary N) is 1. The summed E-state index contributed by atoms with van der Waals surface area (Å²) in [5.74, 6) is 0. The number of aromatic amines is 1. The smallest absolute Gasteiger partial charge is 0.248 e. The third-order valence-electron chi connectivity index (χ3n) is 3.85. The minimum atomic E-state index is -0.500. The number of aliphatic hydroxyl groups is 2. The molecule has 2 aromatic carbocycles. The molecule has 0 aliphatic heterocycles. The van der Waals surface area contributed by atoms with Gasteiger partial charge >= 0.3 is 0 Å². The SMILES string of the molecule is CC(C)(C)O.Cc1cc2[nH]c(=O)ccc2c(-c2ccc(Cl)cc2)c1CCO. The van der Waals surface area contributed by atoms with E-state index in [2.05, 4.69) is 4.98 Å². The average molecular weight is 388 g/mol. The predicted octanol–water partition coefficient (Wildman–Crippen LogP) is 4.47. The van der Waals surface area contributed by atoms with Crippen molar-refractivity contribution in [1.29, 1.82) is 0 Å². The highest BCUT2D eigenvalue weighted by Crippen LogP contribution is 2.34. The Morgan fingerprint density at radius 1 is 1.07 bits per heavy atom. The zero-order valence-corrected chi connectivity index (χ0v) is 16.9. The third kappa shape index (κ3) is 5.93. The van der Waals surface area contributed by atoms with Crippen LogP contribution in [0, 0.1) is 6.92 Å². The molecule has 27 heavy (non-hydrogen) atoms. The second-order valence-electron chi connectivity index (χ2n) is 7.48. The van der Waals surface area contributed by atoms with Gasteiger partial charge < -0.3 is 15.2 Å². The van der Waals surface area contributed by atoms with Crippen LogP contribution < -0.4 is 5.56 Å². The van der Waals surface area contributed by atoms with Crippen LogP contribution in [0.25, 0.3) is 22.0 Å². The minimum absolute atomic E-state index is 0.0797. The number of H-pyrrole nitrogens is 1. The first-order valence-corrected chi connectivity index (χ1v) is 9.22. The summed E-state index contributed by atoms with van der Waals surface area (Å²) in [4.78, 5) is 14.5. The van der Waals surface area contributed by atoms with Crippen LogP contribution in [0.4, 0.5) is 0 Å². The number of hydrogen-bond acceptors (Lipinski definition) is 3. The Hall–Kier alpha value is -2.14. The lowest BCUT2D eigenvalue weighted by atomic mass is 9.90. The molecule has 0 aliphatic carbocycles. The van der Waals surface area contributed by atoms with Crippen molar-refractivity contribution in [3.05, 3.63) is 69.0 Å². The largest absolute Gasteiger partial charge is 0.396 e. The van der Waals surface area contributed by atoms with E-state index >= 15 is 0 Å². The average Bonchev–Trinajstić information content (AvgIpc) is 2.55. The second-order valence-corrected chi connectivity index (χ2v) is 7.92. The number of benzene rings is 2. The monoisotopic (exact) mass is 387 g/mol. The lowest BCUT2D eigenvalue weighted by Gasteiger charge is -2.16. The van der Waals surface area contributed by atoms with Gasteiger partial charge in [-0.25, -0.2) is 0 Å². The summed E-state index contributed by atoms with van der Waals surface area (Å²) in [6.07, 6.45) is 0.568. The normalized spacial score (nSPS) is 11.2. The maximum absolute atomic E-state index is 11.6. The Kier molecular flexibility index (Phi) is 6.82. The fourth-order valence-electron chi connectivity index (χ4n) is 2.87. The molecule has 1 heterocycles. The highest BCUT2D eigenvalue weighted by Gasteiger charge is 2.13. The molecular formula is C22H26ClNO3. The maximum atomic E-state index is 11.6. The van der Waals surface area contributed by atoms with Gasteiger partial charge in [0.2, 0.25) is 5.56 Å². The number of aryl methyl sites for hydroxylation is 1. The van der Waals surface area contributed by atoms with E-state index in [1.807, 2.05) is 43.3 Å². The maximum Gasteiger partial charge on any atom is 0.248 e. The fraction of sp³-hybridized carbons (Fsp3) is 0.318. The first-order valence-electron chi connectivity index (χ1n) is 8.85. The molecule has 3 rings (SSSR count). The molecule has 0 unspecified atom stereocenters. The summed E-state index contributed by atoms with van der Waals surface area (Å²) in [5, 5.41) is 19.6. The minimum Gasteiger partial charge on any atom is -0.396 e. The van der Waals surface area contributed by atoms with E-state index in [1.165, 1.54) is 6.07 Å². The summed E-state index contributed by atoms with van der Waals surface area (Å²) in [7, 11) is 0. The van der Waals surface area contributed by atoms with Crippen LogP contribution in [0.1, 0.15) is 31.9 Å². The second kappa shape index (κ2) is 8.70. The first kappa shape index (κ1) is 21.2. The van der Waals surface area contributed by atoms with Crippen LogP contribution in [0.2, 0.25) is 5.02 Å². The highest BCUT2D eigenvalue weighted by molar-refractivity contribution is 6.30. The van der Waals surface area contributed by atoms with E-state index in [4.69, 9.17) is 16.7 Å². The van der Waals surface area contributed by atoms with Crippen molar-refractivity contribution in [3.8, 4) is 11.1 Å². The van der Waals surface area contributed by atoms with Crippen LogP contribution in [-0.2, 0) is 6.42 Å². The molecule has 0 spiro atoms. The number of rotatable bonds is 3. The van der Waals surface area contributed by atoms with Gasteiger partial charge in [0.05, 0.1) is 5.60 Å². The molecule has 1 aromatic heterocycles. The number of aromatic nitrogens is 1. The molecule has 0 saturated carbocycles. The van der Waals surface area contributed by atoms with Crippen molar-refractivity contribution in [2.45, 2.75) is 39.7 Å². The van der Waals surface area contributed by atoms with Gasteiger partial charge in [-0.2, -0.15) is 0 Å². The van der Waals surface area contributed by atoms with Crippen molar-refractivity contribution in [1.82, 2.24) is 4.98 Å². The van der Waals surface area contributed by atoms with Crippen molar-refractivity contribution in [2.75, 3.05) is 6.61 Å². The number of hydrogen-bond donors (Lipinski definition) is 3. The lowest BCUT2D eigenvalue weighted by Crippen LogP contribution is -2.10. The molecule has 0 bridgehead atoms. The molecule has 0 fully saturated rings. The molecule has 0 amide bonds. The summed E-state index contributed by atoms with van der Waals surface area (Å²) < 4.78 is 0. The number of aliphatic hydroxyl groups excluding tert-OH is 1. The summed E-state index contributed by atoms with van der Waals surface area (Å²) in [6, 6.07) is 12.9. The quantitative estimate of drug-likeness (QED) is 0.620. The topological polar surface area (TPSA) is 73.3 Å². The Morgan fingerprint density at radius 2 is 1.67 bits per heavy atom. The van der Waals surface area contributed by atoms with Crippen LogP contribution in [0.5, 0.6) is 0 Å². The van der Waals surface area contributed by atoms with E-state index in [0.717, 1.165) is 33.2 Å². The fourth-order valence-corrected chi connectivity index (χ4v) is 2.99. The molecule has 5 heteroatoms. The van der Waals surface area contributed by atoms with Crippen molar-refractivity contribution < 1.29 is 10.2 Å². The first-order chi connectivity index (χ1) is 12.6. The van der Waals surface area contributed by atoms with E-state index in [9.17, 15) is 9.90 Å². The molecule has 0 radical (unpaired) electrons. The Balaban J connectivity index is 0.000000465. The van der Waals surface area contributed by atoms with Gasteiger partial charge in [-0.15, -0.1) is 0 Å². The van der Waals surface area contributed by atoms with Gasteiger partial charge in [-0.1, -0.05) is 23.7 Å². The molecular weight excluding hydrogens is 362 g/mol. The van der Waals surface area contributed by atoms with Crippen LogP contribution in [0.15, 0.2) is 47.3 Å². The Morgan fingerprint density at radius 3 is 2.22 bits per heavy atom. The zero-order valence-electron chi connectivity index (χ0n) is 16.1. The molecule has 0 aliphatic rings. The zero-order chi connectivity index (χ0) is 20.2. The lowest BCUT2D eigenvalue weighted by molar-refractivity contribution is 0.102. The Labute approximate surface area is 164 Å². The third-order valence-corrected chi connectivity index (χ3v) is 4.10. The van der Waals surface area contributed by atoms with Gasteiger partial charge in [0, 0.05) is 28.6 Å². The van der Waals surface area contributed by atoms with Gasteiger partial charge in [0.25, 0.3) is 0 Å². The summed E-state index contributed by atoms with van der Waals surface area (Å²) in [5.41, 5.74) is 4.38. The summed E-state index contributed by atoms with van der Waals surface area (Å²) >= 11 is 5.98. The van der Waals surface area contributed by atoms with Crippen LogP contribution in [-0.4, -0.2) is 27.4 Å². The van der Waals surface area contributed by atoms with Gasteiger partial charge in [-0.05, 0) is 80.6 Å². The number of halogens is 1. The molecule has 0 saturated heterocycles. The van der Waals surface area contributed by atoms with E-state index < -0.39 is 5.60 Å². The molecule has 3 N–H and O–H groups in total. The molecule has 4 nitrogen and oxygen atoms in total. The van der Waals surface area contributed by atoms with E-state index in [-0.39, 0.29) is 12.2 Å². The van der Waals surface area contributed by atoms with Crippen molar-refractivity contribution in [2.24, 2.45) is 0 Å². The van der Waals surface area contributed by atoms with E-state index in [1.54, 1.807) is 20.8 Å². The summed E-state index contributed by atoms with van der Waals surface area (Å²) in [6.45, 7) is 7.30. The molecule has 144 valence electrons. The van der Waals surface area contributed by atoms with Crippen molar-refractivity contribution in [3.63, 3.8) is 0 Å². The number of fused-ring (bicyclic) bond motifs is 1.